The van der Waals surface area contributed by atoms with Crippen molar-refractivity contribution in [3.63, 3.8) is 0 Å². The van der Waals surface area contributed by atoms with Gasteiger partial charge in [-0.2, -0.15) is 5.10 Å². The van der Waals surface area contributed by atoms with Crippen LogP contribution in [-0.2, 0) is 20.2 Å². The van der Waals surface area contributed by atoms with Gasteiger partial charge < -0.3 is 9.47 Å². The summed E-state index contributed by atoms with van der Waals surface area (Å²) in [5.74, 6) is 3.11. The average Bonchev–Trinajstić information content (AvgIpc) is 2.88. The molecule has 4 aliphatic carbocycles. The van der Waals surface area contributed by atoms with Crippen molar-refractivity contribution < 1.29 is 22.7 Å². The van der Waals surface area contributed by atoms with Gasteiger partial charge >= 0.3 is 0 Å². The van der Waals surface area contributed by atoms with Crippen LogP contribution in [0.15, 0.2) is 47.6 Å². The average molecular weight is 540 g/mol. The number of hydrogen-bond acceptors (Lipinski definition) is 6. The summed E-state index contributed by atoms with van der Waals surface area (Å²) in [6, 6.07) is 13.2. The Morgan fingerprint density at radius 2 is 1.55 bits per heavy atom. The van der Waals surface area contributed by atoms with Crippen molar-refractivity contribution in [3.05, 3.63) is 53.6 Å². The second-order valence-electron chi connectivity index (χ2n) is 11.3. The number of hydrogen-bond donors (Lipinski definition) is 1. The maximum Gasteiger partial charge on any atom is 0.260 e. The molecule has 0 unspecified atom stereocenters. The van der Waals surface area contributed by atoms with Gasteiger partial charge in [0, 0.05) is 5.56 Å². The van der Waals surface area contributed by atoms with Crippen LogP contribution in [0.3, 0.4) is 0 Å². The van der Waals surface area contributed by atoms with Gasteiger partial charge in [0.2, 0.25) is 10.0 Å². The molecule has 204 valence electrons. The van der Waals surface area contributed by atoms with Crippen LogP contribution < -0.4 is 19.2 Å². The highest BCUT2D eigenvalue weighted by atomic mass is 32.2. The van der Waals surface area contributed by atoms with Crippen molar-refractivity contribution >= 4 is 27.3 Å². The highest BCUT2D eigenvalue weighted by Gasteiger charge is 2.51. The van der Waals surface area contributed by atoms with Crippen molar-refractivity contribution in [1.29, 1.82) is 0 Å². The third-order valence-corrected chi connectivity index (χ3v) is 9.78. The fraction of sp³-hybridized carbons (Fsp3) is 0.517. The van der Waals surface area contributed by atoms with Gasteiger partial charge in [-0.1, -0.05) is 12.1 Å². The number of sulfonamides is 1. The minimum absolute atomic E-state index is 0.233. The molecule has 2 aromatic rings. The fourth-order valence-corrected chi connectivity index (χ4v) is 8.14. The molecule has 1 amide bonds. The van der Waals surface area contributed by atoms with Crippen LogP contribution in [0.5, 0.6) is 11.5 Å². The summed E-state index contributed by atoms with van der Waals surface area (Å²) in [4.78, 5) is 12.8. The van der Waals surface area contributed by atoms with Crippen molar-refractivity contribution in [3.8, 4) is 11.5 Å². The number of methoxy groups -OCH3 is 2. The first-order valence-corrected chi connectivity index (χ1v) is 15.1. The molecule has 0 aliphatic heterocycles. The lowest BCUT2D eigenvalue weighted by atomic mass is 9.48. The molecule has 38 heavy (non-hydrogen) atoms. The molecule has 4 fully saturated rings. The zero-order chi connectivity index (χ0) is 27.1. The second kappa shape index (κ2) is 10.2. The minimum atomic E-state index is -3.68. The largest absolute Gasteiger partial charge is 0.493 e. The number of carbonyl (C=O) groups excluding carboxylic acids is 1. The maximum atomic E-state index is 12.8. The van der Waals surface area contributed by atoms with E-state index in [1.165, 1.54) is 44.1 Å². The molecule has 8 nitrogen and oxygen atoms in total. The lowest BCUT2D eigenvalue weighted by Crippen LogP contribution is -2.48. The summed E-state index contributed by atoms with van der Waals surface area (Å²) in [5.41, 5.74) is 5.81. The molecular weight excluding hydrogens is 502 g/mol. The molecule has 0 radical (unpaired) electrons. The molecule has 0 spiro atoms. The Morgan fingerprint density at radius 3 is 2.08 bits per heavy atom. The molecular formula is C29H37N3O5S. The zero-order valence-electron chi connectivity index (χ0n) is 22.6. The van der Waals surface area contributed by atoms with E-state index in [9.17, 15) is 13.2 Å². The van der Waals surface area contributed by atoms with Crippen molar-refractivity contribution in [2.24, 2.45) is 22.9 Å². The van der Waals surface area contributed by atoms with Gasteiger partial charge in [-0.25, -0.2) is 13.8 Å². The lowest BCUT2D eigenvalue weighted by molar-refractivity contribution is -0.119. The van der Waals surface area contributed by atoms with E-state index < -0.39 is 15.9 Å². The van der Waals surface area contributed by atoms with E-state index in [0.717, 1.165) is 33.9 Å². The first-order chi connectivity index (χ1) is 18.1. The molecule has 0 heterocycles. The quantitative estimate of drug-likeness (QED) is 0.374. The van der Waals surface area contributed by atoms with E-state index in [1.807, 2.05) is 12.1 Å². The monoisotopic (exact) mass is 539 g/mol. The predicted octanol–water partition coefficient (Wildman–Crippen LogP) is 4.48. The fourth-order valence-electron chi connectivity index (χ4n) is 7.28. The zero-order valence-corrected chi connectivity index (χ0v) is 23.4. The number of anilines is 1. The maximum absolute atomic E-state index is 12.8. The summed E-state index contributed by atoms with van der Waals surface area (Å²) in [6.07, 6.45) is 8.98. The van der Waals surface area contributed by atoms with Gasteiger partial charge in [0.15, 0.2) is 11.5 Å². The third kappa shape index (κ3) is 5.25. The Bertz CT molecular complexity index is 1300. The molecule has 1 N–H and O–H groups in total. The molecule has 0 saturated heterocycles. The summed E-state index contributed by atoms with van der Waals surface area (Å²) in [5, 5.41) is 4.17. The van der Waals surface area contributed by atoms with Crippen molar-refractivity contribution in [2.75, 3.05) is 31.3 Å². The van der Waals surface area contributed by atoms with Gasteiger partial charge in [-0.05, 0) is 105 Å². The molecule has 4 aliphatic rings. The van der Waals surface area contributed by atoms with Crippen LogP contribution in [0.25, 0.3) is 0 Å². The summed E-state index contributed by atoms with van der Waals surface area (Å²) < 4.78 is 37.0. The molecule has 2 aromatic carbocycles. The molecule has 0 aromatic heterocycles. The van der Waals surface area contributed by atoms with Gasteiger partial charge in [0.05, 0.1) is 31.9 Å². The van der Waals surface area contributed by atoms with E-state index in [4.69, 9.17) is 9.47 Å². The number of nitrogens with zero attached hydrogens (tertiary/aromatic N) is 2. The van der Waals surface area contributed by atoms with Crippen LogP contribution in [-0.4, -0.2) is 47.1 Å². The highest BCUT2D eigenvalue weighted by molar-refractivity contribution is 7.92. The molecule has 9 heteroatoms. The first kappa shape index (κ1) is 26.5. The Balaban J connectivity index is 1.29. The third-order valence-electron chi connectivity index (χ3n) is 8.64. The van der Waals surface area contributed by atoms with Gasteiger partial charge in [-0.15, -0.1) is 0 Å². The normalized spacial score (nSPS) is 26.2. The van der Waals surface area contributed by atoms with Crippen LogP contribution in [0.4, 0.5) is 5.69 Å². The molecule has 4 saturated carbocycles. The number of hydrazone groups is 1. The van der Waals surface area contributed by atoms with Crippen molar-refractivity contribution in [2.45, 2.75) is 50.9 Å². The molecule has 0 atom stereocenters. The SMILES string of the molecule is COc1ccc(/C(C)=N\NC(=O)CN(c2ccc(C34CC5CC(CC(C5)C3)C4)cc2)S(C)(=O)=O)cc1OC. The van der Waals surface area contributed by atoms with Crippen molar-refractivity contribution in [1.82, 2.24) is 5.43 Å². The summed E-state index contributed by atoms with van der Waals surface area (Å²) in [6.45, 7) is 1.39. The predicted molar refractivity (Wildman–Crippen MR) is 148 cm³/mol. The molecule has 4 bridgehead atoms. The number of nitrogens with one attached hydrogen (secondary N) is 1. The van der Waals surface area contributed by atoms with Gasteiger partial charge in [-0.3, -0.25) is 9.10 Å². The van der Waals surface area contributed by atoms with Gasteiger partial charge in [0.25, 0.3) is 5.91 Å². The van der Waals surface area contributed by atoms with Gasteiger partial charge in [0.1, 0.15) is 6.54 Å². The number of carbonyl (C=O) groups is 1. The highest BCUT2D eigenvalue weighted by Crippen LogP contribution is 2.60. The number of ether oxygens (including phenoxy) is 2. The molecule has 6 rings (SSSR count). The second-order valence-corrected chi connectivity index (χ2v) is 13.2. The van der Waals surface area contributed by atoms with E-state index in [2.05, 4.69) is 22.7 Å². The standard InChI is InChI=1S/C29H37N3O5S/c1-19(23-5-10-26(36-2)27(14-23)37-3)30-31-28(33)18-32(38(4,34)35)25-8-6-24(7-9-25)29-15-20-11-21(16-29)13-22(12-20)17-29/h5-10,14,20-22H,11-13,15-18H2,1-4H3,(H,31,33)/b30-19-. The minimum Gasteiger partial charge on any atom is -0.493 e. The smallest absolute Gasteiger partial charge is 0.260 e. The van der Waals surface area contributed by atoms with Crippen LogP contribution in [0.1, 0.15) is 56.6 Å². The van der Waals surface area contributed by atoms with E-state index in [1.54, 1.807) is 39.3 Å². The Hall–Kier alpha value is -3.07. The summed E-state index contributed by atoms with van der Waals surface area (Å²) >= 11 is 0. The topological polar surface area (TPSA) is 97.3 Å². The van der Waals surface area contributed by atoms with E-state index in [-0.39, 0.29) is 12.0 Å². The lowest BCUT2D eigenvalue weighted by Gasteiger charge is -2.57. The Labute approximate surface area is 225 Å². The first-order valence-electron chi connectivity index (χ1n) is 13.2. The Morgan fingerprint density at radius 1 is 0.974 bits per heavy atom. The van der Waals surface area contributed by atoms with Crippen LogP contribution >= 0.6 is 0 Å². The van der Waals surface area contributed by atoms with Crippen LogP contribution in [0, 0.1) is 17.8 Å². The number of rotatable bonds is 9. The Kier molecular flexibility index (Phi) is 7.15. The van der Waals surface area contributed by atoms with E-state index >= 15 is 0 Å². The number of benzene rings is 2. The van der Waals surface area contributed by atoms with E-state index in [0.29, 0.717) is 22.9 Å². The summed E-state index contributed by atoms with van der Waals surface area (Å²) in [7, 11) is -0.579. The number of amides is 1. The van der Waals surface area contributed by atoms with Crippen LogP contribution in [0.2, 0.25) is 0 Å².